The number of carbonyl (C=O) groups excluding carboxylic acids is 4. The predicted molar refractivity (Wildman–Crippen MR) is 103 cm³/mol. The molecule has 1 aliphatic heterocycles. The summed E-state index contributed by atoms with van der Waals surface area (Å²) in [7, 11) is 1.25. The van der Waals surface area contributed by atoms with E-state index in [0.717, 1.165) is 10.5 Å². The molecule has 0 bridgehead atoms. The SMILES string of the molecule is COC(=O)c1cc(COC(=O)CN2C(=O)N[C@](C)(c3ccc(C)cc3)C2=O)oc1C. The number of furan rings is 1. The number of benzene rings is 1. The fourth-order valence-electron chi connectivity index (χ4n) is 3.18. The van der Waals surface area contributed by atoms with Crippen LogP contribution in [0.1, 0.15) is 39.9 Å². The van der Waals surface area contributed by atoms with Crippen LogP contribution in [0.5, 0.6) is 0 Å². The Balaban J connectivity index is 1.64. The fourth-order valence-corrected chi connectivity index (χ4v) is 3.18. The number of urea groups is 1. The largest absolute Gasteiger partial charge is 0.465 e. The zero-order valence-corrected chi connectivity index (χ0v) is 17.1. The van der Waals surface area contributed by atoms with Crippen molar-refractivity contribution in [2.24, 2.45) is 0 Å². The number of hydrogen-bond acceptors (Lipinski definition) is 7. The summed E-state index contributed by atoms with van der Waals surface area (Å²) in [6, 6.07) is 7.93. The number of hydrogen-bond donors (Lipinski definition) is 1. The van der Waals surface area contributed by atoms with Gasteiger partial charge in [-0.3, -0.25) is 14.5 Å². The lowest BCUT2D eigenvalue weighted by Gasteiger charge is -2.22. The molecule has 0 aliphatic carbocycles. The summed E-state index contributed by atoms with van der Waals surface area (Å²) in [6.45, 7) is 4.28. The van der Waals surface area contributed by atoms with Crippen molar-refractivity contribution in [3.8, 4) is 0 Å². The molecule has 1 aromatic heterocycles. The highest BCUT2D eigenvalue weighted by Crippen LogP contribution is 2.29. The molecule has 1 atom stereocenters. The second-order valence-corrected chi connectivity index (χ2v) is 7.15. The van der Waals surface area contributed by atoms with Gasteiger partial charge in [-0.25, -0.2) is 9.59 Å². The van der Waals surface area contributed by atoms with Crippen molar-refractivity contribution in [3.63, 3.8) is 0 Å². The van der Waals surface area contributed by atoms with Crippen LogP contribution in [0.15, 0.2) is 34.7 Å². The average Bonchev–Trinajstić information content (AvgIpc) is 3.19. The van der Waals surface area contributed by atoms with Crippen molar-refractivity contribution in [1.82, 2.24) is 10.2 Å². The van der Waals surface area contributed by atoms with Gasteiger partial charge in [-0.2, -0.15) is 0 Å². The molecule has 2 heterocycles. The van der Waals surface area contributed by atoms with E-state index < -0.39 is 36.0 Å². The van der Waals surface area contributed by atoms with E-state index in [1.807, 2.05) is 19.1 Å². The lowest BCUT2D eigenvalue weighted by molar-refractivity contribution is -0.149. The van der Waals surface area contributed by atoms with Gasteiger partial charge in [0.15, 0.2) is 0 Å². The van der Waals surface area contributed by atoms with E-state index in [2.05, 4.69) is 10.1 Å². The minimum atomic E-state index is -1.27. The summed E-state index contributed by atoms with van der Waals surface area (Å²) in [5.74, 6) is -1.34. The first-order chi connectivity index (χ1) is 14.2. The number of aryl methyl sites for hydroxylation is 2. The zero-order chi connectivity index (χ0) is 22.1. The summed E-state index contributed by atoms with van der Waals surface area (Å²) in [5, 5.41) is 2.63. The van der Waals surface area contributed by atoms with Gasteiger partial charge >= 0.3 is 18.0 Å². The molecule has 0 spiro atoms. The van der Waals surface area contributed by atoms with Crippen LogP contribution in [0.25, 0.3) is 0 Å². The third kappa shape index (κ3) is 3.91. The minimum Gasteiger partial charge on any atom is -0.465 e. The quantitative estimate of drug-likeness (QED) is 0.569. The molecule has 158 valence electrons. The summed E-state index contributed by atoms with van der Waals surface area (Å²) in [5.41, 5.74) is 0.594. The monoisotopic (exact) mass is 414 g/mol. The predicted octanol–water partition coefficient (Wildman–Crippen LogP) is 2.19. The minimum absolute atomic E-state index is 0.228. The first-order valence-electron chi connectivity index (χ1n) is 9.20. The third-order valence-corrected chi connectivity index (χ3v) is 4.94. The smallest absolute Gasteiger partial charge is 0.341 e. The van der Waals surface area contributed by atoms with Gasteiger partial charge in [0.05, 0.1) is 7.11 Å². The molecule has 0 unspecified atom stereocenters. The summed E-state index contributed by atoms with van der Waals surface area (Å²) < 4.78 is 15.1. The zero-order valence-electron chi connectivity index (χ0n) is 17.1. The highest BCUT2D eigenvalue weighted by Gasteiger charge is 2.49. The second-order valence-electron chi connectivity index (χ2n) is 7.15. The number of methoxy groups -OCH3 is 1. The number of ether oxygens (including phenoxy) is 2. The Morgan fingerprint density at radius 1 is 1.17 bits per heavy atom. The maximum Gasteiger partial charge on any atom is 0.341 e. The molecule has 2 aromatic rings. The Hall–Kier alpha value is -3.62. The molecule has 9 nitrogen and oxygen atoms in total. The number of rotatable bonds is 6. The lowest BCUT2D eigenvalue weighted by Crippen LogP contribution is -2.41. The summed E-state index contributed by atoms with van der Waals surface area (Å²) in [4.78, 5) is 49.8. The first-order valence-corrected chi connectivity index (χ1v) is 9.20. The molecule has 1 aliphatic rings. The first kappa shape index (κ1) is 21.1. The third-order valence-electron chi connectivity index (χ3n) is 4.94. The van der Waals surface area contributed by atoms with Crippen LogP contribution in [-0.2, 0) is 31.2 Å². The van der Waals surface area contributed by atoms with Gasteiger partial charge < -0.3 is 19.2 Å². The van der Waals surface area contributed by atoms with E-state index in [9.17, 15) is 19.2 Å². The number of amides is 3. The van der Waals surface area contributed by atoms with Crippen LogP contribution in [0.4, 0.5) is 4.79 Å². The van der Waals surface area contributed by atoms with Crippen molar-refractivity contribution >= 4 is 23.9 Å². The Bertz CT molecular complexity index is 1010. The molecule has 1 N–H and O–H groups in total. The van der Waals surface area contributed by atoms with Crippen molar-refractivity contribution in [2.45, 2.75) is 32.9 Å². The number of nitrogens with zero attached hydrogens (tertiary/aromatic N) is 1. The highest BCUT2D eigenvalue weighted by atomic mass is 16.5. The molecule has 0 radical (unpaired) electrons. The van der Waals surface area contributed by atoms with Gasteiger partial charge in [-0.1, -0.05) is 29.8 Å². The second kappa shape index (κ2) is 8.02. The van der Waals surface area contributed by atoms with Gasteiger partial charge in [-0.15, -0.1) is 0 Å². The molecule has 3 amide bonds. The average molecular weight is 414 g/mol. The van der Waals surface area contributed by atoms with E-state index in [1.165, 1.54) is 13.2 Å². The molecular formula is C21H22N2O7. The van der Waals surface area contributed by atoms with E-state index in [-0.39, 0.29) is 17.9 Å². The van der Waals surface area contributed by atoms with E-state index in [0.29, 0.717) is 11.3 Å². The highest BCUT2D eigenvalue weighted by molar-refractivity contribution is 6.08. The van der Waals surface area contributed by atoms with Crippen LogP contribution < -0.4 is 5.32 Å². The molecule has 1 fully saturated rings. The van der Waals surface area contributed by atoms with Crippen molar-refractivity contribution in [3.05, 3.63) is 58.5 Å². The van der Waals surface area contributed by atoms with Gasteiger partial charge in [0.1, 0.15) is 35.8 Å². The topological polar surface area (TPSA) is 115 Å². The number of esters is 2. The van der Waals surface area contributed by atoms with Gasteiger partial charge in [-0.05, 0) is 32.4 Å². The van der Waals surface area contributed by atoms with Gasteiger partial charge in [0.2, 0.25) is 0 Å². The van der Waals surface area contributed by atoms with E-state index in [1.54, 1.807) is 26.0 Å². The molecule has 3 rings (SSSR count). The molecule has 30 heavy (non-hydrogen) atoms. The molecule has 1 saturated heterocycles. The lowest BCUT2D eigenvalue weighted by atomic mass is 9.91. The van der Waals surface area contributed by atoms with Crippen LogP contribution in [0, 0.1) is 13.8 Å². The normalized spacial score (nSPS) is 18.3. The Kier molecular flexibility index (Phi) is 5.64. The number of nitrogens with one attached hydrogen (secondary N) is 1. The Labute approximate surface area is 172 Å². The standard InChI is InChI=1S/C21H22N2O7/c1-12-5-7-14(8-6-12)21(3)19(26)23(20(27)22-21)10-17(24)29-11-15-9-16(13(2)30-15)18(25)28-4/h5-9H,10-11H2,1-4H3,(H,22,27)/t21-/m1/s1. The maximum absolute atomic E-state index is 12.9. The van der Waals surface area contributed by atoms with Gasteiger partial charge in [0, 0.05) is 0 Å². The number of imide groups is 1. The molecule has 9 heteroatoms. The molecular weight excluding hydrogens is 392 g/mol. The summed E-state index contributed by atoms with van der Waals surface area (Å²) >= 11 is 0. The van der Waals surface area contributed by atoms with E-state index >= 15 is 0 Å². The van der Waals surface area contributed by atoms with Crippen molar-refractivity contribution in [1.29, 1.82) is 0 Å². The summed E-state index contributed by atoms with van der Waals surface area (Å²) in [6.07, 6.45) is 0. The number of carbonyl (C=O) groups is 4. The Morgan fingerprint density at radius 2 is 1.83 bits per heavy atom. The maximum atomic E-state index is 12.9. The van der Waals surface area contributed by atoms with Crippen LogP contribution in [0.3, 0.4) is 0 Å². The van der Waals surface area contributed by atoms with Crippen molar-refractivity contribution < 1.29 is 33.1 Å². The fraction of sp³-hybridized carbons (Fsp3) is 0.333. The van der Waals surface area contributed by atoms with Crippen LogP contribution in [0.2, 0.25) is 0 Å². The molecule has 1 aromatic carbocycles. The van der Waals surface area contributed by atoms with Gasteiger partial charge in [0.25, 0.3) is 5.91 Å². The molecule has 0 saturated carbocycles. The van der Waals surface area contributed by atoms with Crippen LogP contribution in [-0.4, -0.2) is 42.4 Å². The van der Waals surface area contributed by atoms with Crippen LogP contribution >= 0.6 is 0 Å². The van der Waals surface area contributed by atoms with Crippen molar-refractivity contribution in [2.75, 3.05) is 13.7 Å². The van der Waals surface area contributed by atoms with E-state index in [4.69, 9.17) is 9.15 Å². The Morgan fingerprint density at radius 3 is 2.47 bits per heavy atom.